The maximum atomic E-state index is 11.8. The van der Waals surface area contributed by atoms with Crippen LogP contribution in [-0.2, 0) is 23.0 Å². The van der Waals surface area contributed by atoms with Gasteiger partial charge >= 0.3 is 0 Å². The minimum atomic E-state index is -3.23. The lowest BCUT2D eigenvalue weighted by atomic mass is 10.1. The fraction of sp³-hybridized carbons (Fsp3) is 0.538. The van der Waals surface area contributed by atoms with Gasteiger partial charge in [-0.2, -0.15) is 0 Å². The summed E-state index contributed by atoms with van der Waals surface area (Å²) in [4.78, 5) is 0. The summed E-state index contributed by atoms with van der Waals surface area (Å²) in [6.45, 7) is 6.01. The molecule has 0 aliphatic heterocycles. The first kappa shape index (κ1) is 15.1. The Morgan fingerprint density at radius 2 is 1.61 bits per heavy atom. The van der Waals surface area contributed by atoms with E-state index in [0.29, 0.717) is 13.0 Å². The van der Waals surface area contributed by atoms with E-state index in [1.54, 1.807) is 0 Å². The second kappa shape index (κ2) is 5.82. The fourth-order valence-electron chi connectivity index (χ4n) is 1.61. The molecule has 0 saturated heterocycles. The van der Waals surface area contributed by atoms with Crippen LogP contribution in [0.5, 0.6) is 0 Å². The van der Waals surface area contributed by atoms with Crippen LogP contribution in [0, 0.1) is 0 Å². The standard InChI is InChI=1S/C13H22N2O2S/c1-13(2,3)15-18(16,17)9-8-11-4-6-12(10-14)7-5-11/h4-7,15H,8-10,14H2,1-3H3. The number of aryl methyl sites for hydroxylation is 1. The van der Waals surface area contributed by atoms with E-state index in [0.717, 1.165) is 11.1 Å². The lowest BCUT2D eigenvalue weighted by Crippen LogP contribution is -2.42. The van der Waals surface area contributed by atoms with Crippen molar-refractivity contribution in [1.82, 2.24) is 4.72 Å². The summed E-state index contributed by atoms with van der Waals surface area (Å²) < 4.78 is 26.3. The Balaban J connectivity index is 2.59. The number of nitrogens with two attached hydrogens (primary N) is 1. The lowest BCUT2D eigenvalue weighted by molar-refractivity contribution is 0.491. The minimum Gasteiger partial charge on any atom is -0.326 e. The Hall–Kier alpha value is -0.910. The Morgan fingerprint density at radius 1 is 1.11 bits per heavy atom. The van der Waals surface area contributed by atoms with Crippen LogP contribution in [0.3, 0.4) is 0 Å². The first-order valence-corrected chi connectivity index (χ1v) is 7.67. The Kier molecular flexibility index (Phi) is 4.90. The average Bonchev–Trinajstić information content (AvgIpc) is 2.24. The first-order chi connectivity index (χ1) is 8.22. The molecule has 18 heavy (non-hydrogen) atoms. The van der Waals surface area contributed by atoms with Crippen molar-refractivity contribution in [3.8, 4) is 0 Å². The SMILES string of the molecule is CC(C)(C)NS(=O)(=O)CCc1ccc(CN)cc1. The van der Waals surface area contributed by atoms with Crippen molar-refractivity contribution >= 4 is 10.0 Å². The van der Waals surface area contributed by atoms with E-state index in [-0.39, 0.29) is 5.75 Å². The van der Waals surface area contributed by atoms with E-state index in [2.05, 4.69) is 4.72 Å². The maximum absolute atomic E-state index is 11.8. The van der Waals surface area contributed by atoms with E-state index in [1.807, 2.05) is 45.0 Å². The second-order valence-electron chi connectivity index (χ2n) is 5.44. The summed E-state index contributed by atoms with van der Waals surface area (Å²) in [6, 6.07) is 7.71. The van der Waals surface area contributed by atoms with Gasteiger partial charge < -0.3 is 5.73 Å². The van der Waals surface area contributed by atoms with Gasteiger partial charge in [-0.25, -0.2) is 13.1 Å². The van der Waals surface area contributed by atoms with Crippen molar-refractivity contribution in [2.24, 2.45) is 5.73 Å². The highest BCUT2D eigenvalue weighted by atomic mass is 32.2. The van der Waals surface area contributed by atoms with E-state index >= 15 is 0 Å². The number of benzene rings is 1. The molecule has 4 nitrogen and oxygen atoms in total. The Labute approximate surface area is 110 Å². The van der Waals surface area contributed by atoms with Crippen LogP contribution in [-0.4, -0.2) is 19.7 Å². The van der Waals surface area contributed by atoms with Crippen LogP contribution >= 0.6 is 0 Å². The third-order valence-electron chi connectivity index (χ3n) is 2.38. The molecule has 0 amide bonds. The van der Waals surface area contributed by atoms with Crippen LogP contribution in [0.2, 0.25) is 0 Å². The summed E-state index contributed by atoms with van der Waals surface area (Å²) in [5, 5.41) is 0. The molecule has 0 atom stereocenters. The zero-order valence-corrected chi connectivity index (χ0v) is 12.0. The van der Waals surface area contributed by atoms with Crippen molar-refractivity contribution in [1.29, 1.82) is 0 Å². The van der Waals surface area contributed by atoms with Gasteiger partial charge in [-0.3, -0.25) is 0 Å². The van der Waals surface area contributed by atoms with Crippen molar-refractivity contribution in [2.45, 2.75) is 39.3 Å². The number of hydrogen-bond acceptors (Lipinski definition) is 3. The van der Waals surface area contributed by atoms with Crippen LogP contribution in [0.25, 0.3) is 0 Å². The van der Waals surface area contributed by atoms with E-state index in [1.165, 1.54) is 0 Å². The molecule has 0 radical (unpaired) electrons. The first-order valence-electron chi connectivity index (χ1n) is 6.01. The molecule has 0 bridgehead atoms. The van der Waals surface area contributed by atoms with Crippen molar-refractivity contribution in [3.63, 3.8) is 0 Å². The van der Waals surface area contributed by atoms with Crippen molar-refractivity contribution in [2.75, 3.05) is 5.75 Å². The summed E-state index contributed by atoms with van der Waals surface area (Å²) in [5.41, 5.74) is 7.13. The van der Waals surface area contributed by atoms with Crippen LogP contribution < -0.4 is 10.5 Å². The highest BCUT2D eigenvalue weighted by Crippen LogP contribution is 2.07. The molecule has 0 saturated carbocycles. The van der Waals surface area contributed by atoms with Gasteiger partial charge in [0.15, 0.2) is 0 Å². The number of rotatable bonds is 5. The second-order valence-corrected chi connectivity index (χ2v) is 7.28. The highest BCUT2D eigenvalue weighted by molar-refractivity contribution is 7.89. The van der Waals surface area contributed by atoms with Crippen molar-refractivity contribution < 1.29 is 8.42 Å². The van der Waals surface area contributed by atoms with Gasteiger partial charge in [-0.15, -0.1) is 0 Å². The molecule has 0 fully saturated rings. The van der Waals surface area contributed by atoms with Crippen LogP contribution in [0.1, 0.15) is 31.9 Å². The molecule has 0 aliphatic rings. The summed E-state index contributed by atoms with van der Waals surface area (Å²) in [6.07, 6.45) is 0.510. The summed E-state index contributed by atoms with van der Waals surface area (Å²) >= 11 is 0. The van der Waals surface area contributed by atoms with Gasteiger partial charge in [0.2, 0.25) is 10.0 Å². The molecule has 0 spiro atoms. The molecule has 0 heterocycles. The molecule has 5 heteroatoms. The number of hydrogen-bond donors (Lipinski definition) is 2. The molecule has 102 valence electrons. The molecule has 0 unspecified atom stereocenters. The Morgan fingerprint density at radius 3 is 2.06 bits per heavy atom. The van der Waals surface area contributed by atoms with E-state index in [9.17, 15) is 8.42 Å². The third-order valence-corrected chi connectivity index (χ3v) is 4.04. The topological polar surface area (TPSA) is 72.2 Å². The van der Waals surface area contributed by atoms with Gasteiger partial charge in [0.05, 0.1) is 5.75 Å². The average molecular weight is 270 g/mol. The molecule has 3 N–H and O–H groups in total. The summed E-state index contributed by atoms with van der Waals surface area (Å²) in [5.74, 6) is 0.103. The Bertz CT molecular complexity index is 473. The van der Waals surface area contributed by atoms with Gasteiger partial charge in [0.1, 0.15) is 0 Å². The molecule has 1 rings (SSSR count). The molecule has 1 aromatic carbocycles. The predicted octanol–water partition coefficient (Wildman–Crippen LogP) is 1.41. The largest absolute Gasteiger partial charge is 0.326 e. The molecule has 0 aliphatic carbocycles. The molecule has 0 aromatic heterocycles. The van der Waals surface area contributed by atoms with Gasteiger partial charge in [0, 0.05) is 12.1 Å². The normalized spacial score (nSPS) is 12.7. The van der Waals surface area contributed by atoms with E-state index in [4.69, 9.17) is 5.73 Å². The minimum absolute atomic E-state index is 0.103. The van der Waals surface area contributed by atoms with Crippen LogP contribution in [0.4, 0.5) is 0 Å². The molecular weight excluding hydrogens is 248 g/mol. The van der Waals surface area contributed by atoms with Crippen molar-refractivity contribution in [3.05, 3.63) is 35.4 Å². The fourth-order valence-corrected chi connectivity index (χ4v) is 3.15. The van der Waals surface area contributed by atoms with Crippen LogP contribution in [0.15, 0.2) is 24.3 Å². The quantitative estimate of drug-likeness (QED) is 0.849. The third kappa shape index (κ3) is 5.62. The number of sulfonamides is 1. The lowest BCUT2D eigenvalue weighted by Gasteiger charge is -2.20. The zero-order valence-electron chi connectivity index (χ0n) is 11.2. The van der Waals surface area contributed by atoms with Gasteiger partial charge in [0.25, 0.3) is 0 Å². The van der Waals surface area contributed by atoms with Gasteiger partial charge in [-0.1, -0.05) is 24.3 Å². The molecular formula is C13H22N2O2S. The highest BCUT2D eigenvalue weighted by Gasteiger charge is 2.19. The monoisotopic (exact) mass is 270 g/mol. The predicted molar refractivity (Wildman–Crippen MR) is 74.7 cm³/mol. The summed E-state index contributed by atoms with van der Waals surface area (Å²) in [7, 11) is -3.23. The molecule has 1 aromatic rings. The maximum Gasteiger partial charge on any atom is 0.212 e. The van der Waals surface area contributed by atoms with E-state index < -0.39 is 15.6 Å². The smallest absolute Gasteiger partial charge is 0.212 e. The number of nitrogens with one attached hydrogen (secondary N) is 1. The van der Waals surface area contributed by atoms with Gasteiger partial charge in [-0.05, 0) is 38.3 Å². The zero-order chi connectivity index (χ0) is 13.8.